The molecule has 0 spiro atoms. The molecule has 0 radical (unpaired) electrons. The van der Waals surface area contributed by atoms with Gasteiger partial charge in [0.15, 0.2) is 0 Å². The molecule has 0 aliphatic rings. The Hall–Kier alpha value is -2.37. The minimum absolute atomic E-state index is 0.0433. The van der Waals surface area contributed by atoms with Gasteiger partial charge in [0, 0.05) is 11.6 Å². The van der Waals surface area contributed by atoms with Crippen LogP contribution in [0.25, 0.3) is 0 Å². The molecule has 0 unspecified atom stereocenters. The summed E-state index contributed by atoms with van der Waals surface area (Å²) in [5, 5.41) is 8.48. The fourth-order valence-corrected chi connectivity index (χ4v) is 0.982. The van der Waals surface area contributed by atoms with Gasteiger partial charge in [-0.1, -0.05) is 26.5 Å². The molecular weight excluding hydrogens is 288 g/mol. The number of ether oxygens (including phenoxy) is 2. The second-order valence-corrected chi connectivity index (χ2v) is 4.10. The van der Waals surface area contributed by atoms with E-state index in [1.165, 1.54) is 19.1 Å². The topological polar surface area (TPSA) is 89.9 Å². The molecule has 0 fully saturated rings. The molecule has 0 saturated heterocycles. The summed E-state index contributed by atoms with van der Waals surface area (Å²) >= 11 is 0. The van der Waals surface area contributed by atoms with Gasteiger partial charge in [-0.2, -0.15) is 0 Å². The van der Waals surface area contributed by atoms with Gasteiger partial charge in [0.25, 0.3) is 0 Å². The van der Waals surface area contributed by atoms with Crippen LogP contribution in [0.5, 0.6) is 0 Å². The number of rotatable bonds is 8. The lowest BCUT2D eigenvalue weighted by atomic mass is 10.2. The first kappa shape index (κ1) is 21.9. The van der Waals surface area contributed by atoms with Crippen molar-refractivity contribution in [3.8, 4) is 0 Å². The minimum Gasteiger partial charge on any atom is -0.478 e. The molecule has 0 atom stereocenters. The average molecular weight is 312 g/mol. The normalized spacial score (nSPS) is 9.86. The van der Waals surface area contributed by atoms with Crippen molar-refractivity contribution in [2.45, 2.75) is 33.6 Å². The Labute approximate surface area is 131 Å². The van der Waals surface area contributed by atoms with Crippen LogP contribution in [0, 0.1) is 0 Å². The van der Waals surface area contributed by atoms with E-state index in [-0.39, 0.29) is 23.7 Å². The SMILES string of the molecule is C=C(C=C(C)C(=O)O)C(=O)OCC.C=CC(=O)OCCCC. The summed E-state index contributed by atoms with van der Waals surface area (Å²) in [5.74, 6) is -2.00. The Morgan fingerprint density at radius 2 is 1.77 bits per heavy atom. The van der Waals surface area contributed by atoms with Crippen LogP contribution in [0.3, 0.4) is 0 Å². The first-order valence-corrected chi connectivity index (χ1v) is 6.86. The van der Waals surface area contributed by atoms with Crippen LogP contribution in [0.15, 0.2) is 36.5 Å². The van der Waals surface area contributed by atoms with E-state index < -0.39 is 11.9 Å². The van der Waals surface area contributed by atoms with E-state index in [1.807, 2.05) is 6.92 Å². The summed E-state index contributed by atoms with van der Waals surface area (Å²) < 4.78 is 9.28. The van der Waals surface area contributed by atoms with Gasteiger partial charge in [-0.3, -0.25) is 0 Å². The van der Waals surface area contributed by atoms with E-state index in [0.717, 1.165) is 12.8 Å². The zero-order chi connectivity index (χ0) is 17.5. The monoisotopic (exact) mass is 312 g/mol. The minimum atomic E-state index is -1.08. The summed E-state index contributed by atoms with van der Waals surface area (Å²) in [6.45, 7) is 12.5. The summed E-state index contributed by atoms with van der Waals surface area (Å²) in [6.07, 6.45) is 4.33. The largest absolute Gasteiger partial charge is 0.478 e. The van der Waals surface area contributed by atoms with Gasteiger partial charge in [-0.25, -0.2) is 14.4 Å². The Morgan fingerprint density at radius 1 is 1.18 bits per heavy atom. The van der Waals surface area contributed by atoms with Crippen molar-refractivity contribution in [3.63, 3.8) is 0 Å². The van der Waals surface area contributed by atoms with Gasteiger partial charge in [0.05, 0.1) is 18.8 Å². The van der Waals surface area contributed by atoms with E-state index in [1.54, 1.807) is 6.92 Å². The Balaban J connectivity index is 0. The van der Waals surface area contributed by atoms with Crippen LogP contribution in [-0.2, 0) is 23.9 Å². The van der Waals surface area contributed by atoms with Crippen molar-refractivity contribution < 1.29 is 29.0 Å². The number of carboxylic acids is 1. The number of hydrogen-bond donors (Lipinski definition) is 1. The van der Waals surface area contributed by atoms with Gasteiger partial charge in [-0.05, 0) is 26.3 Å². The highest BCUT2D eigenvalue weighted by atomic mass is 16.5. The predicted octanol–water partition coefficient (Wildman–Crippen LogP) is 2.65. The smallest absolute Gasteiger partial charge is 0.337 e. The molecular formula is C16H24O6. The summed E-state index contributed by atoms with van der Waals surface area (Å²) in [7, 11) is 0. The highest BCUT2D eigenvalue weighted by molar-refractivity contribution is 5.94. The van der Waals surface area contributed by atoms with Crippen LogP contribution in [0.2, 0.25) is 0 Å². The molecule has 0 rings (SSSR count). The quantitative estimate of drug-likeness (QED) is 0.321. The molecule has 0 amide bonds. The zero-order valence-electron chi connectivity index (χ0n) is 13.4. The number of hydrogen-bond acceptors (Lipinski definition) is 5. The van der Waals surface area contributed by atoms with Crippen LogP contribution in [-0.4, -0.2) is 36.2 Å². The van der Waals surface area contributed by atoms with Crippen LogP contribution >= 0.6 is 0 Å². The number of esters is 2. The van der Waals surface area contributed by atoms with Gasteiger partial charge in [0.1, 0.15) is 0 Å². The fraction of sp³-hybridized carbons (Fsp3) is 0.438. The molecule has 1 N–H and O–H groups in total. The number of carbonyl (C=O) groups excluding carboxylic acids is 2. The molecule has 124 valence electrons. The molecule has 0 bridgehead atoms. The van der Waals surface area contributed by atoms with Crippen molar-refractivity contribution >= 4 is 17.9 Å². The molecule has 0 aromatic rings. The van der Waals surface area contributed by atoms with Crippen LogP contribution in [0.1, 0.15) is 33.6 Å². The first-order valence-electron chi connectivity index (χ1n) is 6.86. The van der Waals surface area contributed by atoms with E-state index in [9.17, 15) is 14.4 Å². The molecule has 0 aliphatic heterocycles. The predicted molar refractivity (Wildman–Crippen MR) is 83.2 cm³/mol. The Bertz CT molecular complexity index is 434. The second-order valence-electron chi connectivity index (χ2n) is 4.10. The number of unbranched alkanes of at least 4 members (excludes halogenated alkanes) is 1. The standard InChI is InChI=1S/C9H12O4.C7H12O2/c1-4-13-9(12)7(3)5-6(2)8(10)11;1-3-5-6-9-7(8)4-2/h5H,3-4H2,1-2H3,(H,10,11);4H,2-3,5-6H2,1H3. The zero-order valence-corrected chi connectivity index (χ0v) is 13.4. The summed E-state index contributed by atoms with van der Waals surface area (Å²) in [6, 6.07) is 0. The maximum Gasteiger partial charge on any atom is 0.337 e. The van der Waals surface area contributed by atoms with Crippen molar-refractivity contribution in [1.29, 1.82) is 0 Å². The van der Waals surface area contributed by atoms with Gasteiger partial charge in [-0.15, -0.1) is 0 Å². The summed E-state index contributed by atoms with van der Waals surface area (Å²) in [5.41, 5.74) is 0.0970. The third-order valence-corrected chi connectivity index (χ3v) is 2.17. The first-order chi connectivity index (χ1) is 10.3. The third kappa shape index (κ3) is 12.7. The van der Waals surface area contributed by atoms with E-state index in [4.69, 9.17) is 5.11 Å². The fourth-order valence-electron chi connectivity index (χ4n) is 0.982. The second kappa shape index (κ2) is 13.6. The van der Waals surface area contributed by atoms with Crippen LogP contribution < -0.4 is 0 Å². The van der Waals surface area contributed by atoms with Gasteiger partial charge in [0.2, 0.25) is 0 Å². The van der Waals surface area contributed by atoms with Crippen molar-refractivity contribution in [2.75, 3.05) is 13.2 Å². The lowest BCUT2D eigenvalue weighted by Crippen LogP contribution is -2.06. The van der Waals surface area contributed by atoms with Crippen molar-refractivity contribution in [1.82, 2.24) is 0 Å². The van der Waals surface area contributed by atoms with Gasteiger partial charge >= 0.3 is 17.9 Å². The molecule has 0 aromatic heterocycles. The molecule has 0 aliphatic carbocycles. The van der Waals surface area contributed by atoms with Crippen LogP contribution in [0.4, 0.5) is 0 Å². The highest BCUT2D eigenvalue weighted by Crippen LogP contribution is 2.02. The number of carboxylic acid groups (broad SMARTS) is 1. The molecule has 0 aromatic carbocycles. The van der Waals surface area contributed by atoms with Gasteiger partial charge < -0.3 is 14.6 Å². The Kier molecular flexibility index (Phi) is 13.6. The van der Waals surface area contributed by atoms with Crippen molar-refractivity contribution in [2.24, 2.45) is 0 Å². The summed E-state index contributed by atoms with van der Waals surface area (Å²) in [4.78, 5) is 31.6. The lowest BCUT2D eigenvalue weighted by Gasteiger charge is -2.00. The Morgan fingerprint density at radius 3 is 2.18 bits per heavy atom. The molecule has 0 heterocycles. The van der Waals surface area contributed by atoms with E-state index >= 15 is 0 Å². The molecule has 6 nitrogen and oxygen atoms in total. The highest BCUT2D eigenvalue weighted by Gasteiger charge is 2.07. The molecule has 22 heavy (non-hydrogen) atoms. The van der Waals surface area contributed by atoms with Crippen molar-refractivity contribution in [3.05, 3.63) is 36.5 Å². The lowest BCUT2D eigenvalue weighted by molar-refractivity contribution is -0.138. The number of carbonyl (C=O) groups is 3. The maximum absolute atomic E-state index is 10.9. The molecule has 6 heteroatoms. The maximum atomic E-state index is 10.9. The van der Waals surface area contributed by atoms with E-state index in [2.05, 4.69) is 22.6 Å². The molecule has 0 saturated carbocycles. The number of aliphatic carboxylic acids is 1. The third-order valence-electron chi connectivity index (χ3n) is 2.17. The van der Waals surface area contributed by atoms with E-state index in [0.29, 0.717) is 6.61 Å². The average Bonchev–Trinajstić information content (AvgIpc) is 2.47.